The number of rotatable bonds is 6. The Morgan fingerprint density at radius 2 is 2.14 bits per heavy atom. The molecule has 1 aliphatic rings. The monoisotopic (exact) mass is 495 g/mol. The zero-order valence-electron chi connectivity index (χ0n) is 15.5. The zero-order chi connectivity index (χ0) is 20.4. The van der Waals surface area contributed by atoms with E-state index in [2.05, 4.69) is 31.2 Å². The molecule has 1 aromatic carbocycles. The number of nitrogens with zero attached hydrogens (tertiary/aromatic N) is 1. The molecule has 152 valence electrons. The van der Waals surface area contributed by atoms with Crippen LogP contribution in [-0.2, 0) is 29.9 Å². The van der Waals surface area contributed by atoms with E-state index in [4.69, 9.17) is 0 Å². The van der Waals surface area contributed by atoms with Crippen LogP contribution in [0.15, 0.2) is 27.5 Å². The number of amides is 1. The van der Waals surface area contributed by atoms with Crippen LogP contribution in [0.1, 0.15) is 34.7 Å². The molecule has 2 aromatic heterocycles. The van der Waals surface area contributed by atoms with Crippen molar-refractivity contribution in [3.8, 4) is 0 Å². The topological polar surface area (TPSA) is 74.8 Å². The Balaban J connectivity index is 1.33. The SMILES string of the molecule is O=C(CSCc1nc2sc3c(c2c(=O)[nH]1)CCCC3)NCc1cc(F)cc(Br)c1. The van der Waals surface area contributed by atoms with Crippen molar-refractivity contribution in [2.24, 2.45) is 0 Å². The van der Waals surface area contributed by atoms with E-state index in [0.29, 0.717) is 21.6 Å². The average Bonchev–Trinajstić information content (AvgIpc) is 3.04. The van der Waals surface area contributed by atoms with Crippen LogP contribution in [-0.4, -0.2) is 21.6 Å². The van der Waals surface area contributed by atoms with E-state index >= 15 is 0 Å². The van der Waals surface area contributed by atoms with Crippen LogP contribution in [0.3, 0.4) is 0 Å². The molecule has 1 aliphatic carbocycles. The molecule has 29 heavy (non-hydrogen) atoms. The number of thioether (sulfide) groups is 1. The van der Waals surface area contributed by atoms with Gasteiger partial charge in [-0.05, 0) is 55.0 Å². The summed E-state index contributed by atoms with van der Waals surface area (Å²) >= 11 is 6.24. The Kier molecular flexibility index (Phi) is 6.36. The lowest BCUT2D eigenvalue weighted by atomic mass is 9.97. The number of nitrogens with one attached hydrogen (secondary N) is 2. The zero-order valence-corrected chi connectivity index (χ0v) is 18.7. The van der Waals surface area contributed by atoms with Crippen LogP contribution in [0.2, 0.25) is 0 Å². The number of aryl methyl sites for hydroxylation is 2. The minimum Gasteiger partial charge on any atom is -0.351 e. The molecule has 0 fully saturated rings. The first-order valence-electron chi connectivity index (χ1n) is 9.32. The highest BCUT2D eigenvalue weighted by Crippen LogP contribution is 2.33. The molecule has 0 bridgehead atoms. The van der Waals surface area contributed by atoms with Gasteiger partial charge in [-0.15, -0.1) is 23.1 Å². The Labute approximate surface area is 183 Å². The van der Waals surface area contributed by atoms with Crippen LogP contribution in [0.4, 0.5) is 4.39 Å². The quantitative estimate of drug-likeness (QED) is 0.534. The third-order valence-electron chi connectivity index (χ3n) is 4.76. The number of fused-ring (bicyclic) bond motifs is 3. The molecule has 0 saturated carbocycles. The number of aromatic amines is 1. The second kappa shape index (κ2) is 8.97. The molecule has 1 amide bonds. The second-order valence-corrected chi connectivity index (χ2v) is 9.94. The van der Waals surface area contributed by atoms with Crippen molar-refractivity contribution in [1.82, 2.24) is 15.3 Å². The summed E-state index contributed by atoms with van der Waals surface area (Å²) in [5.41, 5.74) is 1.78. The summed E-state index contributed by atoms with van der Waals surface area (Å²) in [4.78, 5) is 34.2. The van der Waals surface area contributed by atoms with E-state index in [1.54, 1.807) is 17.4 Å². The summed E-state index contributed by atoms with van der Waals surface area (Å²) in [5.74, 6) is 0.781. The van der Waals surface area contributed by atoms with Gasteiger partial charge in [-0.1, -0.05) is 15.9 Å². The maximum absolute atomic E-state index is 13.4. The normalized spacial score (nSPS) is 13.4. The highest BCUT2D eigenvalue weighted by Gasteiger charge is 2.19. The largest absolute Gasteiger partial charge is 0.351 e. The van der Waals surface area contributed by atoms with Crippen molar-refractivity contribution in [2.45, 2.75) is 38.0 Å². The van der Waals surface area contributed by atoms with Crippen LogP contribution < -0.4 is 10.9 Å². The van der Waals surface area contributed by atoms with Gasteiger partial charge in [-0.2, -0.15) is 0 Å². The number of thiophene rings is 1. The van der Waals surface area contributed by atoms with Gasteiger partial charge >= 0.3 is 0 Å². The summed E-state index contributed by atoms with van der Waals surface area (Å²) in [7, 11) is 0. The minimum absolute atomic E-state index is 0.0777. The van der Waals surface area contributed by atoms with Gasteiger partial charge in [0.2, 0.25) is 5.91 Å². The summed E-state index contributed by atoms with van der Waals surface area (Å²) in [6.07, 6.45) is 4.28. The average molecular weight is 496 g/mol. The molecule has 0 saturated heterocycles. The summed E-state index contributed by atoms with van der Waals surface area (Å²) in [6.45, 7) is 0.261. The number of H-pyrrole nitrogens is 1. The van der Waals surface area contributed by atoms with Crippen LogP contribution in [0.25, 0.3) is 10.2 Å². The molecular weight excluding hydrogens is 477 g/mol. The molecule has 0 spiro atoms. The van der Waals surface area contributed by atoms with Gasteiger partial charge in [-0.3, -0.25) is 9.59 Å². The molecular formula is C20H19BrFN3O2S2. The predicted octanol–water partition coefficient (Wildman–Crippen LogP) is 4.31. The molecule has 3 aromatic rings. The van der Waals surface area contributed by atoms with Gasteiger partial charge in [0, 0.05) is 15.9 Å². The number of hydrogen-bond acceptors (Lipinski definition) is 5. The number of carbonyl (C=O) groups is 1. The Bertz CT molecular complexity index is 1110. The van der Waals surface area contributed by atoms with Crippen molar-refractivity contribution < 1.29 is 9.18 Å². The first-order valence-corrected chi connectivity index (χ1v) is 12.1. The van der Waals surface area contributed by atoms with Gasteiger partial charge in [0.05, 0.1) is 16.9 Å². The van der Waals surface area contributed by atoms with Crippen molar-refractivity contribution in [3.63, 3.8) is 0 Å². The van der Waals surface area contributed by atoms with E-state index in [1.807, 2.05) is 0 Å². The smallest absolute Gasteiger partial charge is 0.259 e. The molecule has 4 rings (SSSR count). The maximum Gasteiger partial charge on any atom is 0.259 e. The third kappa shape index (κ3) is 4.90. The fourth-order valence-electron chi connectivity index (χ4n) is 3.48. The van der Waals surface area contributed by atoms with Gasteiger partial charge in [0.1, 0.15) is 16.5 Å². The van der Waals surface area contributed by atoms with Gasteiger partial charge in [0.25, 0.3) is 5.56 Å². The Morgan fingerprint density at radius 3 is 2.97 bits per heavy atom. The number of benzene rings is 1. The van der Waals surface area contributed by atoms with E-state index in [0.717, 1.165) is 29.5 Å². The van der Waals surface area contributed by atoms with Crippen molar-refractivity contribution >= 4 is 55.2 Å². The Hall–Kier alpha value is -1.71. The van der Waals surface area contributed by atoms with E-state index in [1.165, 1.54) is 40.8 Å². The maximum atomic E-state index is 13.4. The van der Waals surface area contributed by atoms with Crippen molar-refractivity contribution in [3.05, 3.63) is 60.7 Å². The molecule has 0 radical (unpaired) electrons. The third-order valence-corrected chi connectivity index (χ3v) is 7.35. The van der Waals surface area contributed by atoms with Gasteiger partial charge in [-0.25, -0.2) is 9.37 Å². The first kappa shape index (κ1) is 20.6. The number of carbonyl (C=O) groups excluding carboxylic acids is 1. The molecule has 9 heteroatoms. The lowest BCUT2D eigenvalue weighted by Gasteiger charge is -2.09. The van der Waals surface area contributed by atoms with E-state index in [-0.39, 0.29) is 29.6 Å². The number of hydrogen-bond donors (Lipinski definition) is 2. The second-order valence-electron chi connectivity index (χ2n) is 6.95. The molecule has 5 nitrogen and oxygen atoms in total. The summed E-state index contributed by atoms with van der Waals surface area (Å²) < 4.78 is 14.0. The lowest BCUT2D eigenvalue weighted by Crippen LogP contribution is -2.24. The highest BCUT2D eigenvalue weighted by atomic mass is 79.9. The first-order chi connectivity index (χ1) is 14.0. The molecule has 0 unspecified atom stereocenters. The lowest BCUT2D eigenvalue weighted by molar-refractivity contribution is -0.118. The van der Waals surface area contributed by atoms with E-state index in [9.17, 15) is 14.0 Å². The molecule has 2 N–H and O–H groups in total. The number of aromatic nitrogens is 2. The van der Waals surface area contributed by atoms with Gasteiger partial charge in [0.15, 0.2) is 0 Å². The minimum atomic E-state index is -0.348. The fraction of sp³-hybridized carbons (Fsp3) is 0.350. The van der Waals surface area contributed by atoms with Crippen LogP contribution in [0.5, 0.6) is 0 Å². The summed E-state index contributed by atoms with van der Waals surface area (Å²) in [5, 5.41) is 3.52. The van der Waals surface area contributed by atoms with E-state index < -0.39 is 0 Å². The molecule has 0 atom stereocenters. The molecule has 0 aliphatic heterocycles. The van der Waals surface area contributed by atoms with Crippen molar-refractivity contribution in [1.29, 1.82) is 0 Å². The van der Waals surface area contributed by atoms with Crippen LogP contribution in [0, 0.1) is 5.82 Å². The predicted molar refractivity (Wildman–Crippen MR) is 119 cm³/mol. The highest BCUT2D eigenvalue weighted by molar-refractivity contribution is 9.10. The standard InChI is InChI=1S/C20H19BrFN3O2S2/c21-12-5-11(6-13(22)7-12)8-23-17(26)10-28-9-16-24-19(27)18-14-3-1-2-4-15(14)29-20(18)25-16/h5-7H,1-4,8-10H2,(H,23,26)(H,24,25,27). The number of halogens is 2. The van der Waals surface area contributed by atoms with Gasteiger partial charge < -0.3 is 10.3 Å². The molecule has 2 heterocycles. The Morgan fingerprint density at radius 1 is 1.31 bits per heavy atom. The van der Waals surface area contributed by atoms with Crippen molar-refractivity contribution in [2.75, 3.05) is 5.75 Å². The summed E-state index contributed by atoms with van der Waals surface area (Å²) in [6, 6.07) is 4.53. The fourth-order valence-corrected chi connectivity index (χ4v) is 6.00. The van der Waals surface area contributed by atoms with Crippen LogP contribution >= 0.6 is 39.0 Å².